The molecular weight excluding hydrogens is 707 g/mol. The van der Waals surface area contributed by atoms with Crippen LogP contribution in [0.3, 0.4) is 0 Å². The predicted octanol–water partition coefficient (Wildman–Crippen LogP) is 5.73. The van der Waals surface area contributed by atoms with Crippen molar-refractivity contribution in [1.82, 2.24) is 15.5 Å². The summed E-state index contributed by atoms with van der Waals surface area (Å²) in [5, 5.41) is 28.4. The predicted molar refractivity (Wildman–Crippen MR) is 188 cm³/mol. The molecule has 0 heterocycles. The van der Waals surface area contributed by atoms with Gasteiger partial charge in [0.15, 0.2) is 0 Å². The maximum atomic E-state index is 14.1. The number of alkyl halides is 3. The molecule has 0 aliphatic heterocycles. The highest BCUT2D eigenvalue weighted by Crippen LogP contribution is 2.18. The summed E-state index contributed by atoms with van der Waals surface area (Å²) in [5.41, 5.74) is 2.61. The lowest BCUT2D eigenvalue weighted by molar-refractivity contribution is -0.192. The van der Waals surface area contributed by atoms with Crippen molar-refractivity contribution in [3.05, 3.63) is 100 Å². The lowest BCUT2D eigenvalue weighted by Crippen LogP contribution is -2.48. The number of amides is 2. The molecule has 2 atom stereocenters. The molecule has 0 aromatic heterocycles. The number of carbonyl (C=O) groups is 3. The minimum atomic E-state index is -5.08. The first-order valence-electron chi connectivity index (χ1n) is 16.6. The SMILES string of the molecule is CCCN(CCC)C(=O)c1cc(C(=O)N[C@@H](Cc2cc(F)cc(F)c2)[C@H](O)CNCc2cccc(OC)c2)cc(/C(C)=N/OC)c1.O=C(O)C(F)(F)F. The Morgan fingerprint density at radius 3 is 2.02 bits per heavy atom. The van der Waals surface area contributed by atoms with E-state index in [0.717, 1.165) is 36.6 Å². The molecular formula is C37H45F5N4O7. The summed E-state index contributed by atoms with van der Waals surface area (Å²) in [6.45, 7) is 7.26. The molecule has 11 nitrogen and oxygen atoms in total. The van der Waals surface area contributed by atoms with Crippen LogP contribution in [0.4, 0.5) is 22.0 Å². The van der Waals surface area contributed by atoms with Crippen LogP contribution >= 0.6 is 0 Å². The van der Waals surface area contributed by atoms with Gasteiger partial charge in [0.25, 0.3) is 11.8 Å². The van der Waals surface area contributed by atoms with Gasteiger partial charge in [-0.15, -0.1) is 0 Å². The number of hydrogen-bond donors (Lipinski definition) is 4. The molecule has 0 spiro atoms. The number of carboxylic acids is 1. The van der Waals surface area contributed by atoms with Gasteiger partial charge in [0.05, 0.1) is 25.0 Å². The monoisotopic (exact) mass is 752 g/mol. The summed E-state index contributed by atoms with van der Waals surface area (Å²) in [4.78, 5) is 42.9. The average molecular weight is 753 g/mol. The Bertz CT molecular complexity index is 1680. The number of aliphatic carboxylic acids is 1. The van der Waals surface area contributed by atoms with Crippen molar-refractivity contribution < 1.29 is 56.1 Å². The molecule has 0 radical (unpaired) electrons. The fraction of sp³-hybridized carbons (Fsp3) is 0.405. The highest BCUT2D eigenvalue weighted by Gasteiger charge is 2.38. The zero-order valence-electron chi connectivity index (χ0n) is 30.1. The van der Waals surface area contributed by atoms with Crippen molar-refractivity contribution in [2.45, 2.75) is 64.9 Å². The molecule has 0 unspecified atom stereocenters. The Hall–Kier alpha value is -5.09. The number of rotatable bonds is 17. The number of oxime groups is 1. The van der Waals surface area contributed by atoms with Crippen LogP contribution in [0.5, 0.6) is 5.75 Å². The molecule has 4 N–H and O–H groups in total. The molecule has 0 aliphatic rings. The fourth-order valence-corrected chi connectivity index (χ4v) is 5.12. The van der Waals surface area contributed by atoms with Crippen molar-refractivity contribution >= 4 is 23.5 Å². The van der Waals surface area contributed by atoms with Crippen LogP contribution in [-0.2, 0) is 22.6 Å². The summed E-state index contributed by atoms with van der Waals surface area (Å²) >= 11 is 0. The van der Waals surface area contributed by atoms with E-state index in [9.17, 15) is 36.6 Å². The van der Waals surface area contributed by atoms with Crippen LogP contribution in [0.1, 0.15) is 71.0 Å². The van der Waals surface area contributed by atoms with Crippen LogP contribution in [0, 0.1) is 11.6 Å². The number of hydrogen-bond acceptors (Lipinski definition) is 8. The van der Waals surface area contributed by atoms with E-state index >= 15 is 0 Å². The van der Waals surface area contributed by atoms with Gasteiger partial charge in [0, 0.05) is 48.9 Å². The van der Waals surface area contributed by atoms with Gasteiger partial charge in [-0.1, -0.05) is 31.1 Å². The van der Waals surface area contributed by atoms with Gasteiger partial charge in [0.2, 0.25) is 0 Å². The first-order chi connectivity index (χ1) is 25.0. The standard InChI is InChI=1S/C35H44F2N4O5.C2HF3O2/c1-6-11-41(12-7-2)35(44)28-18-26(23(3)40-46-5)17-27(19-28)34(43)39-32(16-25-13-29(36)20-30(37)14-25)33(42)22-38-21-24-9-8-10-31(15-24)45-4;3-2(4,5)1(6)7/h8-10,13-15,17-20,32-33,38,42H,6-7,11-12,16,21-22H2,1-5H3,(H,39,43);(H,6,7)/b40-23+;/t32-,33+;/m0./s1. The third-order valence-corrected chi connectivity index (χ3v) is 7.58. The Balaban J connectivity index is 0.00000126. The summed E-state index contributed by atoms with van der Waals surface area (Å²) in [7, 11) is 2.98. The Morgan fingerprint density at radius 2 is 1.47 bits per heavy atom. The number of halogens is 5. The summed E-state index contributed by atoms with van der Waals surface area (Å²) in [6.07, 6.45) is -4.74. The molecule has 53 heavy (non-hydrogen) atoms. The number of nitrogens with one attached hydrogen (secondary N) is 2. The number of benzene rings is 3. The van der Waals surface area contributed by atoms with E-state index in [0.29, 0.717) is 42.2 Å². The molecule has 16 heteroatoms. The Morgan fingerprint density at radius 1 is 0.887 bits per heavy atom. The van der Waals surface area contributed by atoms with E-state index in [1.165, 1.54) is 13.2 Å². The first-order valence-corrected chi connectivity index (χ1v) is 16.6. The normalized spacial score (nSPS) is 12.5. The molecule has 290 valence electrons. The van der Waals surface area contributed by atoms with Gasteiger partial charge in [0.1, 0.15) is 24.5 Å². The van der Waals surface area contributed by atoms with Gasteiger partial charge < -0.3 is 35.3 Å². The van der Waals surface area contributed by atoms with Crippen LogP contribution in [0.2, 0.25) is 0 Å². The zero-order valence-corrected chi connectivity index (χ0v) is 30.1. The molecule has 0 bridgehead atoms. The van der Waals surface area contributed by atoms with Crippen molar-refractivity contribution in [3.8, 4) is 5.75 Å². The van der Waals surface area contributed by atoms with Crippen molar-refractivity contribution in [3.63, 3.8) is 0 Å². The molecule has 0 saturated heterocycles. The summed E-state index contributed by atoms with van der Waals surface area (Å²) < 4.78 is 65.1. The largest absolute Gasteiger partial charge is 0.497 e. The molecule has 0 aliphatic carbocycles. The number of carboxylic acid groups (broad SMARTS) is 1. The Labute approximate surface area is 304 Å². The number of methoxy groups -OCH3 is 1. The van der Waals surface area contributed by atoms with Gasteiger partial charge >= 0.3 is 12.1 Å². The van der Waals surface area contributed by atoms with Gasteiger partial charge in [-0.3, -0.25) is 9.59 Å². The second kappa shape index (κ2) is 21.4. The molecule has 0 saturated carbocycles. The molecule has 0 fully saturated rings. The number of aliphatic hydroxyl groups is 1. The maximum absolute atomic E-state index is 14.1. The van der Waals surface area contributed by atoms with Crippen molar-refractivity contribution in [2.24, 2.45) is 5.16 Å². The third-order valence-electron chi connectivity index (χ3n) is 7.58. The van der Waals surface area contributed by atoms with E-state index in [1.54, 1.807) is 31.1 Å². The lowest BCUT2D eigenvalue weighted by Gasteiger charge is -2.26. The number of aliphatic hydroxyl groups excluding tert-OH is 1. The topological polar surface area (TPSA) is 150 Å². The maximum Gasteiger partial charge on any atom is 0.490 e. The molecule has 3 aromatic carbocycles. The second-order valence-electron chi connectivity index (χ2n) is 11.9. The number of ether oxygens (including phenoxy) is 1. The number of nitrogens with zero attached hydrogens (tertiary/aromatic N) is 2. The quantitative estimate of drug-likeness (QED) is 0.0777. The minimum absolute atomic E-state index is 0.0567. The lowest BCUT2D eigenvalue weighted by atomic mass is 9.98. The van der Waals surface area contributed by atoms with Crippen LogP contribution in [0.25, 0.3) is 0 Å². The minimum Gasteiger partial charge on any atom is -0.497 e. The highest BCUT2D eigenvalue weighted by molar-refractivity contribution is 6.06. The van der Waals surface area contributed by atoms with E-state index in [2.05, 4.69) is 15.8 Å². The van der Waals surface area contributed by atoms with Gasteiger partial charge in [-0.25, -0.2) is 13.6 Å². The van der Waals surface area contributed by atoms with Crippen molar-refractivity contribution in [1.29, 1.82) is 0 Å². The smallest absolute Gasteiger partial charge is 0.490 e. The molecule has 2 amide bonds. The van der Waals surface area contributed by atoms with E-state index < -0.39 is 41.8 Å². The summed E-state index contributed by atoms with van der Waals surface area (Å²) in [6, 6.07) is 14.3. The average Bonchev–Trinajstić information content (AvgIpc) is 3.10. The molecule has 3 rings (SSSR count). The fourth-order valence-electron chi connectivity index (χ4n) is 5.12. The van der Waals surface area contributed by atoms with Crippen molar-refractivity contribution in [2.75, 3.05) is 33.9 Å². The second-order valence-corrected chi connectivity index (χ2v) is 11.9. The van der Waals surface area contributed by atoms with E-state index in [4.69, 9.17) is 19.5 Å². The van der Waals surface area contributed by atoms with Gasteiger partial charge in [-0.2, -0.15) is 13.2 Å². The summed E-state index contributed by atoms with van der Waals surface area (Å²) in [5.74, 6) is -4.40. The third kappa shape index (κ3) is 14.8. The highest BCUT2D eigenvalue weighted by atomic mass is 19.4. The zero-order chi connectivity index (χ0) is 39.7. The van der Waals surface area contributed by atoms with Crippen LogP contribution in [-0.4, -0.2) is 90.8 Å². The molecule has 3 aromatic rings. The number of carbonyl (C=O) groups excluding carboxylic acids is 2. The van der Waals surface area contributed by atoms with E-state index in [1.807, 2.05) is 38.1 Å². The van der Waals surface area contributed by atoms with Gasteiger partial charge in [-0.05, 0) is 79.8 Å². The van der Waals surface area contributed by atoms with Crippen LogP contribution in [0.15, 0.2) is 65.8 Å². The Kier molecular flexibility index (Phi) is 17.8. The van der Waals surface area contributed by atoms with Crippen LogP contribution < -0.4 is 15.4 Å². The van der Waals surface area contributed by atoms with E-state index in [-0.39, 0.29) is 30.0 Å². The first kappa shape index (κ1) is 44.1.